The van der Waals surface area contributed by atoms with Gasteiger partial charge in [0.2, 0.25) is 5.91 Å². The fourth-order valence-corrected chi connectivity index (χ4v) is 3.76. The molecular formula is C18H19F3N4O3S. The first kappa shape index (κ1) is 21.1. The average molecular weight is 428 g/mol. The maximum atomic E-state index is 12.9. The second-order valence-corrected chi connectivity index (χ2v) is 7.61. The van der Waals surface area contributed by atoms with Gasteiger partial charge in [0.25, 0.3) is 5.69 Å². The number of nitrogens with zero attached hydrogens (tertiary/aromatic N) is 3. The number of anilines is 1. The molecule has 0 bridgehead atoms. The number of thiophene rings is 1. The molecule has 29 heavy (non-hydrogen) atoms. The molecule has 3 rings (SSSR count). The standard InChI is InChI=1S/C18H19F3N4O3S/c19-18(20,21)13-3-4-15(16(10-13)25(27)28)24-7-5-23(6-8-24)12-17(26)22-11-14-2-1-9-29-14/h1-4,9-10H,5-8,11-12H2,(H,22,26). The molecule has 11 heteroatoms. The molecule has 7 nitrogen and oxygen atoms in total. The van der Waals surface area contributed by atoms with Crippen LogP contribution in [0.2, 0.25) is 0 Å². The van der Waals surface area contributed by atoms with Crippen molar-refractivity contribution in [3.8, 4) is 0 Å². The van der Waals surface area contributed by atoms with Gasteiger partial charge in [-0.25, -0.2) is 0 Å². The van der Waals surface area contributed by atoms with Crippen LogP contribution in [0, 0.1) is 10.1 Å². The first-order valence-electron chi connectivity index (χ1n) is 8.86. The maximum absolute atomic E-state index is 12.9. The molecule has 156 valence electrons. The largest absolute Gasteiger partial charge is 0.416 e. The Morgan fingerprint density at radius 2 is 1.93 bits per heavy atom. The summed E-state index contributed by atoms with van der Waals surface area (Å²) in [5, 5.41) is 16.0. The molecular weight excluding hydrogens is 409 g/mol. The van der Waals surface area contributed by atoms with Crippen molar-refractivity contribution in [1.29, 1.82) is 0 Å². The number of hydrogen-bond donors (Lipinski definition) is 1. The van der Waals surface area contributed by atoms with Crippen LogP contribution in [0.25, 0.3) is 0 Å². The molecule has 1 saturated heterocycles. The van der Waals surface area contributed by atoms with Crippen LogP contribution in [0.3, 0.4) is 0 Å². The summed E-state index contributed by atoms with van der Waals surface area (Å²) in [6.45, 7) is 2.38. The predicted molar refractivity (Wildman–Crippen MR) is 103 cm³/mol. The minimum Gasteiger partial charge on any atom is -0.363 e. The van der Waals surface area contributed by atoms with Crippen molar-refractivity contribution >= 4 is 28.6 Å². The Hall–Kier alpha value is -2.66. The summed E-state index contributed by atoms with van der Waals surface area (Å²) in [4.78, 5) is 27.2. The monoisotopic (exact) mass is 428 g/mol. The fraction of sp³-hybridized carbons (Fsp3) is 0.389. The molecule has 0 saturated carbocycles. The summed E-state index contributed by atoms with van der Waals surface area (Å²) in [6.07, 6.45) is -4.64. The van der Waals surface area contributed by atoms with E-state index in [1.165, 1.54) is 0 Å². The van der Waals surface area contributed by atoms with Crippen LogP contribution in [0.5, 0.6) is 0 Å². The predicted octanol–water partition coefficient (Wildman–Crippen LogP) is 3.11. The van der Waals surface area contributed by atoms with Crippen LogP contribution in [0.4, 0.5) is 24.5 Å². The van der Waals surface area contributed by atoms with E-state index in [9.17, 15) is 28.1 Å². The van der Waals surface area contributed by atoms with Gasteiger partial charge < -0.3 is 10.2 Å². The summed E-state index contributed by atoms with van der Waals surface area (Å²) in [6, 6.07) is 6.41. The third kappa shape index (κ3) is 5.45. The van der Waals surface area contributed by atoms with E-state index in [0.717, 1.165) is 17.0 Å². The van der Waals surface area contributed by atoms with Gasteiger partial charge >= 0.3 is 6.18 Å². The number of carbonyl (C=O) groups is 1. The van der Waals surface area contributed by atoms with E-state index in [-0.39, 0.29) is 18.1 Å². The van der Waals surface area contributed by atoms with E-state index < -0.39 is 22.4 Å². The molecule has 0 unspecified atom stereocenters. The lowest BCUT2D eigenvalue weighted by Gasteiger charge is -2.35. The number of piperazine rings is 1. The van der Waals surface area contributed by atoms with Gasteiger partial charge in [-0.05, 0) is 23.6 Å². The zero-order valence-corrected chi connectivity index (χ0v) is 16.1. The quantitative estimate of drug-likeness (QED) is 0.565. The summed E-state index contributed by atoms with van der Waals surface area (Å²) >= 11 is 1.55. The van der Waals surface area contributed by atoms with E-state index in [1.54, 1.807) is 16.2 Å². The van der Waals surface area contributed by atoms with Crippen molar-refractivity contribution < 1.29 is 22.9 Å². The van der Waals surface area contributed by atoms with E-state index >= 15 is 0 Å². The summed E-state index contributed by atoms with van der Waals surface area (Å²) < 4.78 is 38.6. The van der Waals surface area contributed by atoms with Crippen LogP contribution in [-0.2, 0) is 17.5 Å². The van der Waals surface area contributed by atoms with Gasteiger partial charge in [-0.15, -0.1) is 11.3 Å². The highest BCUT2D eigenvalue weighted by molar-refractivity contribution is 7.09. The number of carbonyl (C=O) groups excluding carboxylic acids is 1. The summed E-state index contributed by atoms with van der Waals surface area (Å²) in [5.41, 5.74) is -1.46. The zero-order chi connectivity index (χ0) is 21.0. The van der Waals surface area contributed by atoms with Crippen LogP contribution < -0.4 is 10.2 Å². The minimum absolute atomic E-state index is 0.118. The Morgan fingerprint density at radius 1 is 1.21 bits per heavy atom. The Labute approximate surface area is 168 Å². The van der Waals surface area contributed by atoms with Crippen molar-refractivity contribution in [3.63, 3.8) is 0 Å². The Balaban J connectivity index is 1.57. The Morgan fingerprint density at radius 3 is 2.52 bits per heavy atom. The highest BCUT2D eigenvalue weighted by atomic mass is 32.1. The number of alkyl halides is 3. The third-order valence-corrected chi connectivity index (χ3v) is 5.50. The van der Waals surface area contributed by atoms with Crippen LogP contribution in [0.1, 0.15) is 10.4 Å². The number of halogens is 3. The molecule has 1 aliphatic heterocycles. The molecule has 1 aromatic heterocycles. The lowest BCUT2D eigenvalue weighted by molar-refractivity contribution is -0.384. The maximum Gasteiger partial charge on any atom is 0.416 e. The van der Waals surface area contributed by atoms with E-state index in [2.05, 4.69) is 5.32 Å². The molecule has 2 heterocycles. The zero-order valence-electron chi connectivity index (χ0n) is 15.3. The minimum atomic E-state index is -4.64. The van der Waals surface area contributed by atoms with Gasteiger partial charge in [0.05, 0.1) is 23.6 Å². The first-order valence-corrected chi connectivity index (χ1v) is 9.74. The molecule has 0 radical (unpaired) electrons. The summed E-state index contributed by atoms with van der Waals surface area (Å²) in [5.74, 6) is -0.118. The normalized spacial score (nSPS) is 15.3. The molecule has 1 fully saturated rings. The van der Waals surface area contributed by atoms with Gasteiger partial charge in [0.15, 0.2) is 0 Å². The molecule has 2 aromatic rings. The van der Waals surface area contributed by atoms with E-state index in [4.69, 9.17) is 0 Å². The van der Waals surface area contributed by atoms with Gasteiger partial charge in [-0.2, -0.15) is 13.2 Å². The second kappa shape index (κ2) is 8.78. The number of rotatable bonds is 6. The molecule has 1 amide bonds. The van der Waals surface area contributed by atoms with Gasteiger partial charge in [0, 0.05) is 37.1 Å². The van der Waals surface area contributed by atoms with Gasteiger partial charge in [-0.3, -0.25) is 19.8 Å². The molecule has 0 aliphatic carbocycles. The molecule has 1 aromatic carbocycles. The van der Waals surface area contributed by atoms with Crippen molar-refractivity contribution in [2.75, 3.05) is 37.6 Å². The summed E-state index contributed by atoms with van der Waals surface area (Å²) in [7, 11) is 0. The highest BCUT2D eigenvalue weighted by Gasteiger charge is 2.34. The van der Waals surface area contributed by atoms with Crippen molar-refractivity contribution in [2.45, 2.75) is 12.7 Å². The van der Waals surface area contributed by atoms with Gasteiger partial charge in [0.1, 0.15) is 5.69 Å². The molecule has 1 aliphatic rings. The Kier molecular flexibility index (Phi) is 6.38. The smallest absolute Gasteiger partial charge is 0.363 e. The SMILES string of the molecule is O=C(CN1CCN(c2ccc(C(F)(F)F)cc2[N+](=O)[O-])CC1)NCc1cccs1. The number of nitro benzene ring substituents is 1. The van der Waals surface area contributed by atoms with Crippen molar-refractivity contribution in [3.05, 3.63) is 56.3 Å². The van der Waals surface area contributed by atoms with E-state index in [0.29, 0.717) is 38.8 Å². The fourth-order valence-electron chi connectivity index (χ4n) is 3.12. The molecule has 0 atom stereocenters. The number of amides is 1. The Bertz CT molecular complexity index is 866. The molecule has 1 N–H and O–H groups in total. The van der Waals surface area contributed by atoms with E-state index in [1.807, 2.05) is 22.4 Å². The second-order valence-electron chi connectivity index (χ2n) is 6.58. The third-order valence-electron chi connectivity index (χ3n) is 4.62. The lowest BCUT2D eigenvalue weighted by Crippen LogP contribution is -2.49. The lowest BCUT2D eigenvalue weighted by atomic mass is 10.1. The van der Waals surface area contributed by atoms with Crippen LogP contribution in [-0.4, -0.2) is 48.5 Å². The number of hydrogen-bond acceptors (Lipinski definition) is 6. The van der Waals surface area contributed by atoms with Crippen molar-refractivity contribution in [2.24, 2.45) is 0 Å². The topological polar surface area (TPSA) is 78.7 Å². The number of benzene rings is 1. The average Bonchev–Trinajstić information content (AvgIpc) is 3.19. The first-order chi connectivity index (χ1) is 13.7. The number of nitrogens with one attached hydrogen (secondary N) is 1. The van der Waals surface area contributed by atoms with Crippen LogP contribution in [0.15, 0.2) is 35.7 Å². The molecule has 0 spiro atoms. The number of nitro groups is 1. The van der Waals surface area contributed by atoms with Crippen molar-refractivity contribution in [1.82, 2.24) is 10.2 Å². The van der Waals surface area contributed by atoms with Gasteiger partial charge in [-0.1, -0.05) is 6.07 Å². The van der Waals surface area contributed by atoms with Crippen LogP contribution >= 0.6 is 11.3 Å². The highest BCUT2D eigenvalue weighted by Crippen LogP contribution is 2.36.